The molecule has 0 radical (unpaired) electrons. The standard InChI is InChI=1S/C13H17BrF2N2O.ClH/c1-7(2)13(3,6-17)18-12(19)8-4-10(15)11(16)5-9(8)14;/h4-5,7H,6,17H2,1-3H3,(H,18,19);1H. The van der Waals surface area contributed by atoms with Crippen molar-refractivity contribution in [3.8, 4) is 0 Å². The lowest BCUT2D eigenvalue weighted by molar-refractivity contribution is 0.0882. The third kappa shape index (κ3) is 4.14. The van der Waals surface area contributed by atoms with Gasteiger partial charge in [0.2, 0.25) is 0 Å². The molecule has 0 heterocycles. The minimum atomic E-state index is -1.06. The molecule has 0 aliphatic rings. The van der Waals surface area contributed by atoms with Crippen LogP contribution in [0, 0.1) is 17.6 Å². The zero-order chi connectivity index (χ0) is 14.8. The monoisotopic (exact) mass is 370 g/mol. The van der Waals surface area contributed by atoms with Crippen LogP contribution in [-0.4, -0.2) is 18.0 Å². The van der Waals surface area contributed by atoms with Gasteiger partial charge >= 0.3 is 0 Å². The molecule has 0 aliphatic carbocycles. The lowest BCUT2D eigenvalue weighted by Crippen LogP contribution is -2.55. The van der Waals surface area contributed by atoms with Crippen LogP contribution in [0.25, 0.3) is 0 Å². The molecule has 0 aromatic heterocycles. The van der Waals surface area contributed by atoms with Gasteiger partial charge in [-0.15, -0.1) is 12.4 Å². The minimum absolute atomic E-state index is 0. The van der Waals surface area contributed by atoms with Crippen LogP contribution in [0.1, 0.15) is 31.1 Å². The van der Waals surface area contributed by atoms with Gasteiger partial charge in [-0.25, -0.2) is 8.78 Å². The molecule has 3 nitrogen and oxygen atoms in total. The summed E-state index contributed by atoms with van der Waals surface area (Å²) < 4.78 is 26.4. The van der Waals surface area contributed by atoms with Crippen molar-refractivity contribution in [3.05, 3.63) is 33.8 Å². The zero-order valence-corrected chi connectivity index (χ0v) is 13.9. The number of nitrogens with one attached hydrogen (secondary N) is 1. The highest BCUT2D eigenvalue weighted by molar-refractivity contribution is 9.10. The SMILES string of the molecule is CC(C)C(C)(CN)NC(=O)c1cc(F)c(F)cc1Br.Cl. The molecule has 20 heavy (non-hydrogen) atoms. The largest absolute Gasteiger partial charge is 0.345 e. The quantitative estimate of drug-likeness (QED) is 0.798. The number of rotatable bonds is 4. The molecule has 0 fully saturated rings. The Bertz CT molecular complexity index is 500. The molecule has 1 atom stereocenters. The summed E-state index contributed by atoms with van der Waals surface area (Å²) in [5, 5.41) is 2.76. The Hall–Kier alpha value is -0.720. The fourth-order valence-electron chi connectivity index (χ4n) is 1.45. The Morgan fingerprint density at radius 2 is 1.90 bits per heavy atom. The molecule has 1 aromatic carbocycles. The minimum Gasteiger partial charge on any atom is -0.345 e. The van der Waals surface area contributed by atoms with Crippen LogP contribution in [0.5, 0.6) is 0 Å². The number of carbonyl (C=O) groups is 1. The van der Waals surface area contributed by atoms with E-state index in [-0.39, 0.29) is 34.9 Å². The first-order valence-electron chi connectivity index (χ1n) is 5.88. The predicted molar refractivity (Wildman–Crippen MR) is 81.1 cm³/mol. The van der Waals surface area contributed by atoms with Crippen LogP contribution >= 0.6 is 28.3 Å². The van der Waals surface area contributed by atoms with Crippen LogP contribution in [0.4, 0.5) is 8.78 Å². The fourth-order valence-corrected chi connectivity index (χ4v) is 1.95. The average molecular weight is 372 g/mol. The topological polar surface area (TPSA) is 55.1 Å². The van der Waals surface area contributed by atoms with Gasteiger partial charge in [-0.3, -0.25) is 4.79 Å². The van der Waals surface area contributed by atoms with Crippen LogP contribution < -0.4 is 11.1 Å². The third-order valence-electron chi connectivity index (χ3n) is 3.35. The van der Waals surface area contributed by atoms with Crippen molar-refractivity contribution >= 4 is 34.2 Å². The van der Waals surface area contributed by atoms with E-state index < -0.39 is 23.1 Å². The van der Waals surface area contributed by atoms with Crippen molar-refractivity contribution in [2.75, 3.05) is 6.54 Å². The molecule has 7 heteroatoms. The van der Waals surface area contributed by atoms with Crippen molar-refractivity contribution < 1.29 is 13.6 Å². The second kappa shape index (κ2) is 7.33. The second-order valence-electron chi connectivity index (χ2n) is 4.98. The van der Waals surface area contributed by atoms with Crippen molar-refractivity contribution in [1.29, 1.82) is 0 Å². The fraction of sp³-hybridized carbons (Fsp3) is 0.462. The van der Waals surface area contributed by atoms with Gasteiger partial charge < -0.3 is 11.1 Å². The van der Waals surface area contributed by atoms with Gasteiger partial charge in [-0.05, 0) is 40.9 Å². The van der Waals surface area contributed by atoms with E-state index in [0.29, 0.717) is 0 Å². The summed E-state index contributed by atoms with van der Waals surface area (Å²) >= 11 is 3.05. The van der Waals surface area contributed by atoms with Crippen LogP contribution in [0.2, 0.25) is 0 Å². The first-order chi connectivity index (χ1) is 8.71. The first kappa shape index (κ1) is 19.3. The number of hydrogen-bond acceptors (Lipinski definition) is 2. The van der Waals surface area contributed by atoms with E-state index in [1.807, 2.05) is 20.8 Å². The van der Waals surface area contributed by atoms with Gasteiger partial charge in [-0.1, -0.05) is 13.8 Å². The Morgan fingerprint density at radius 3 is 2.35 bits per heavy atom. The summed E-state index contributed by atoms with van der Waals surface area (Å²) in [5.74, 6) is -2.46. The maximum absolute atomic E-state index is 13.2. The van der Waals surface area contributed by atoms with Crippen molar-refractivity contribution in [2.45, 2.75) is 26.3 Å². The molecule has 1 aromatic rings. The Labute approximate surface area is 131 Å². The Morgan fingerprint density at radius 1 is 1.40 bits per heavy atom. The van der Waals surface area contributed by atoms with E-state index >= 15 is 0 Å². The number of nitrogens with two attached hydrogens (primary N) is 1. The lowest BCUT2D eigenvalue weighted by atomic mass is 9.88. The van der Waals surface area contributed by atoms with Crippen molar-refractivity contribution in [3.63, 3.8) is 0 Å². The van der Waals surface area contributed by atoms with Gasteiger partial charge in [0.15, 0.2) is 11.6 Å². The molecule has 3 N–H and O–H groups in total. The molecule has 0 aliphatic heterocycles. The summed E-state index contributed by atoms with van der Waals surface area (Å²) in [7, 11) is 0. The van der Waals surface area contributed by atoms with Gasteiger partial charge in [0, 0.05) is 11.0 Å². The summed E-state index contributed by atoms with van der Waals surface area (Å²) in [4.78, 5) is 12.1. The number of hydrogen-bond donors (Lipinski definition) is 2. The molecular formula is C13H18BrClF2N2O. The van der Waals surface area contributed by atoms with E-state index in [1.54, 1.807) is 0 Å². The molecule has 0 saturated heterocycles. The first-order valence-corrected chi connectivity index (χ1v) is 6.67. The lowest BCUT2D eigenvalue weighted by Gasteiger charge is -2.33. The smallest absolute Gasteiger partial charge is 0.253 e. The van der Waals surface area contributed by atoms with Crippen LogP contribution in [0.3, 0.4) is 0 Å². The highest BCUT2D eigenvalue weighted by atomic mass is 79.9. The number of halogens is 4. The third-order valence-corrected chi connectivity index (χ3v) is 4.01. The summed E-state index contributed by atoms with van der Waals surface area (Å²) in [6.07, 6.45) is 0. The van der Waals surface area contributed by atoms with Gasteiger partial charge in [0.25, 0.3) is 5.91 Å². The van der Waals surface area contributed by atoms with E-state index in [0.717, 1.165) is 12.1 Å². The predicted octanol–water partition coefficient (Wildman–Crippen LogP) is 3.25. The number of amides is 1. The second-order valence-corrected chi connectivity index (χ2v) is 5.83. The zero-order valence-electron chi connectivity index (χ0n) is 11.5. The highest BCUT2D eigenvalue weighted by Gasteiger charge is 2.29. The molecule has 0 bridgehead atoms. The summed E-state index contributed by atoms with van der Waals surface area (Å²) in [6, 6.07) is 1.80. The average Bonchev–Trinajstić information content (AvgIpc) is 2.33. The molecule has 1 rings (SSSR count). The van der Waals surface area contributed by atoms with Gasteiger partial charge in [0.1, 0.15) is 0 Å². The normalized spacial score (nSPS) is 13.6. The molecule has 0 saturated carbocycles. The molecule has 114 valence electrons. The summed E-state index contributed by atoms with van der Waals surface area (Å²) in [6.45, 7) is 5.90. The van der Waals surface area contributed by atoms with Crippen LogP contribution in [0.15, 0.2) is 16.6 Å². The Balaban J connectivity index is 0.00000361. The molecular weight excluding hydrogens is 354 g/mol. The van der Waals surface area contributed by atoms with Crippen molar-refractivity contribution in [2.24, 2.45) is 11.7 Å². The van der Waals surface area contributed by atoms with E-state index in [9.17, 15) is 13.6 Å². The van der Waals surface area contributed by atoms with E-state index in [2.05, 4.69) is 21.2 Å². The van der Waals surface area contributed by atoms with Crippen molar-refractivity contribution in [1.82, 2.24) is 5.32 Å². The molecule has 1 unspecified atom stereocenters. The maximum Gasteiger partial charge on any atom is 0.253 e. The highest BCUT2D eigenvalue weighted by Crippen LogP contribution is 2.22. The van der Waals surface area contributed by atoms with E-state index in [1.165, 1.54) is 0 Å². The van der Waals surface area contributed by atoms with Crippen LogP contribution in [-0.2, 0) is 0 Å². The van der Waals surface area contributed by atoms with Gasteiger partial charge in [0.05, 0.1) is 11.1 Å². The molecule has 1 amide bonds. The van der Waals surface area contributed by atoms with E-state index in [4.69, 9.17) is 5.73 Å². The number of benzene rings is 1. The number of carbonyl (C=O) groups excluding carboxylic acids is 1. The summed E-state index contributed by atoms with van der Waals surface area (Å²) in [5.41, 5.74) is 5.10. The van der Waals surface area contributed by atoms with Gasteiger partial charge in [-0.2, -0.15) is 0 Å². The molecule has 0 spiro atoms. The Kier molecular flexibility index (Phi) is 7.07. The maximum atomic E-state index is 13.2.